The Morgan fingerprint density at radius 2 is 1.03 bits per heavy atom. The quantitative estimate of drug-likeness (QED) is 0.373. The molecule has 0 radical (unpaired) electrons. The molecule has 0 saturated heterocycles. The van der Waals surface area contributed by atoms with Gasteiger partial charge in [-0.15, -0.1) is 0 Å². The Balaban J connectivity index is 1.75. The Hall–Kier alpha value is -1.80. The Bertz CT molecular complexity index is 734. The van der Waals surface area contributed by atoms with Crippen molar-refractivity contribution in [3.63, 3.8) is 0 Å². The number of hydrogen-bond donors (Lipinski definition) is 1. The molecule has 0 unspecified atom stereocenters. The third kappa shape index (κ3) is 9.82. The van der Waals surface area contributed by atoms with Crippen LogP contribution in [0.5, 0.6) is 0 Å². The zero-order valence-electron chi connectivity index (χ0n) is 22.0. The van der Waals surface area contributed by atoms with E-state index < -0.39 is 0 Å². The average molecular weight is 472 g/mol. The monoisotopic (exact) mass is 471 g/mol. The summed E-state index contributed by atoms with van der Waals surface area (Å²) in [4.78, 5) is 14.3. The highest BCUT2D eigenvalue weighted by Crippen LogP contribution is 2.20. The number of hydroxylamine groups is 4. The van der Waals surface area contributed by atoms with Crippen LogP contribution in [-0.4, -0.2) is 84.8 Å². The Kier molecular flexibility index (Phi) is 11.6. The molecule has 0 aliphatic rings. The van der Waals surface area contributed by atoms with Gasteiger partial charge in [-0.05, 0) is 51.7 Å². The fourth-order valence-corrected chi connectivity index (χ4v) is 3.85. The predicted molar refractivity (Wildman–Crippen MR) is 139 cm³/mol. The number of hydrogen-bond acceptors (Lipinski definition) is 6. The van der Waals surface area contributed by atoms with E-state index >= 15 is 0 Å². The van der Waals surface area contributed by atoms with E-state index in [4.69, 9.17) is 9.68 Å². The summed E-state index contributed by atoms with van der Waals surface area (Å²) < 4.78 is 0. The molecule has 0 fully saturated rings. The van der Waals surface area contributed by atoms with Crippen molar-refractivity contribution >= 4 is 0 Å². The molecule has 0 amide bonds. The number of rotatable bonds is 16. The topological polar surface area (TPSA) is 48.4 Å². The SMILES string of the molecule is CN(OCCN(CCO)CCON(C)C(C)(C)Cc1ccccc1)C(C)(C)Cc1ccccc1. The van der Waals surface area contributed by atoms with Gasteiger partial charge < -0.3 is 5.11 Å². The average Bonchev–Trinajstić information content (AvgIpc) is 2.79. The van der Waals surface area contributed by atoms with Crippen molar-refractivity contribution in [3.05, 3.63) is 71.8 Å². The lowest BCUT2D eigenvalue weighted by atomic mass is 9.95. The molecule has 6 heteroatoms. The standard InChI is InChI=1S/C28H45N3O3/c1-27(2,23-25-13-9-7-10-14-25)29(5)33-21-18-31(17-20-32)19-22-34-30(6)28(3,4)24-26-15-11-8-12-16-26/h7-16,32H,17-24H2,1-6H3. The largest absolute Gasteiger partial charge is 0.395 e. The van der Waals surface area contributed by atoms with Gasteiger partial charge in [-0.1, -0.05) is 60.7 Å². The van der Waals surface area contributed by atoms with E-state index in [1.165, 1.54) is 11.1 Å². The van der Waals surface area contributed by atoms with Crippen molar-refractivity contribution in [2.75, 3.05) is 53.6 Å². The van der Waals surface area contributed by atoms with Crippen LogP contribution in [0.15, 0.2) is 60.7 Å². The number of likely N-dealkylation sites (N-methyl/N-ethyl adjacent to an activating group) is 2. The summed E-state index contributed by atoms with van der Waals surface area (Å²) in [6.45, 7) is 12.0. The van der Waals surface area contributed by atoms with Crippen LogP contribution in [0.3, 0.4) is 0 Å². The van der Waals surface area contributed by atoms with Crippen LogP contribution in [0.2, 0.25) is 0 Å². The molecule has 1 N–H and O–H groups in total. The molecule has 34 heavy (non-hydrogen) atoms. The number of benzene rings is 2. The molecule has 6 nitrogen and oxygen atoms in total. The second kappa shape index (κ2) is 13.9. The summed E-state index contributed by atoms with van der Waals surface area (Å²) in [5, 5.41) is 13.4. The molecule has 0 atom stereocenters. The Morgan fingerprint density at radius 1 is 0.647 bits per heavy atom. The zero-order valence-corrected chi connectivity index (χ0v) is 22.0. The van der Waals surface area contributed by atoms with Gasteiger partial charge in [-0.2, -0.15) is 10.1 Å². The highest BCUT2D eigenvalue weighted by Gasteiger charge is 2.26. The minimum atomic E-state index is -0.126. The van der Waals surface area contributed by atoms with Crippen LogP contribution in [0.1, 0.15) is 38.8 Å². The number of nitrogens with zero attached hydrogens (tertiary/aromatic N) is 3. The Morgan fingerprint density at radius 3 is 1.38 bits per heavy atom. The fraction of sp³-hybridized carbons (Fsp3) is 0.571. The van der Waals surface area contributed by atoms with Gasteiger partial charge in [0.2, 0.25) is 0 Å². The van der Waals surface area contributed by atoms with Crippen LogP contribution < -0.4 is 0 Å². The lowest BCUT2D eigenvalue weighted by Gasteiger charge is -2.36. The normalized spacial score (nSPS) is 12.8. The first-order valence-corrected chi connectivity index (χ1v) is 12.3. The van der Waals surface area contributed by atoms with Crippen molar-refractivity contribution < 1.29 is 14.8 Å². The predicted octanol–water partition coefficient (Wildman–Crippen LogP) is 4.05. The minimum absolute atomic E-state index is 0.116. The smallest absolute Gasteiger partial charge is 0.0812 e. The molecule has 0 aliphatic carbocycles. The highest BCUT2D eigenvalue weighted by molar-refractivity contribution is 5.17. The summed E-state index contributed by atoms with van der Waals surface area (Å²) >= 11 is 0. The molecule has 190 valence electrons. The van der Waals surface area contributed by atoms with Crippen LogP contribution in [0.4, 0.5) is 0 Å². The van der Waals surface area contributed by atoms with E-state index in [1.54, 1.807) is 0 Å². The molecule has 2 aromatic rings. The third-order valence-electron chi connectivity index (χ3n) is 6.47. The van der Waals surface area contributed by atoms with Crippen LogP contribution in [-0.2, 0) is 22.5 Å². The number of aliphatic hydroxyl groups is 1. The van der Waals surface area contributed by atoms with Crippen LogP contribution in [0.25, 0.3) is 0 Å². The maximum atomic E-state index is 9.50. The first kappa shape index (κ1) is 28.4. The molecule has 0 spiro atoms. The molecule has 2 rings (SSSR count). The lowest BCUT2D eigenvalue weighted by Crippen LogP contribution is -2.45. The van der Waals surface area contributed by atoms with Gasteiger partial charge >= 0.3 is 0 Å². The fourth-order valence-electron chi connectivity index (χ4n) is 3.85. The van der Waals surface area contributed by atoms with E-state index in [0.29, 0.717) is 19.8 Å². The molecule has 0 bridgehead atoms. The molecule has 0 saturated carbocycles. The number of aliphatic hydroxyl groups excluding tert-OH is 1. The highest BCUT2D eigenvalue weighted by atomic mass is 16.7. The molecule has 2 aromatic carbocycles. The molecule has 0 aliphatic heterocycles. The molecular weight excluding hydrogens is 426 g/mol. The van der Waals surface area contributed by atoms with E-state index in [9.17, 15) is 5.11 Å². The summed E-state index contributed by atoms with van der Waals surface area (Å²) in [5.41, 5.74) is 2.33. The van der Waals surface area contributed by atoms with Crippen molar-refractivity contribution in [1.29, 1.82) is 0 Å². The van der Waals surface area contributed by atoms with Gasteiger partial charge in [0.25, 0.3) is 0 Å². The maximum Gasteiger partial charge on any atom is 0.0812 e. The minimum Gasteiger partial charge on any atom is -0.395 e. The van der Waals surface area contributed by atoms with E-state index in [-0.39, 0.29) is 17.7 Å². The van der Waals surface area contributed by atoms with Gasteiger partial charge in [-0.25, -0.2) is 0 Å². The summed E-state index contributed by atoms with van der Waals surface area (Å²) in [7, 11) is 3.98. The molecule has 0 aromatic heterocycles. The van der Waals surface area contributed by atoms with Gasteiger partial charge in [0.1, 0.15) is 0 Å². The third-order valence-corrected chi connectivity index (χ3v) is 6.47. The van der Waals surface area contributed by atoms with E-state index in [1.807, 2.05) is 36.4 Å². The van der Waals surface area contributed by atoms with Gasteiger partial charge in [0.15, 0.2) is 0 Å². The van der Waals surface area contributed by atoms with Crippen LogP contribution >= 0.6 is 0 Å². The second-order valence-corrected chi connectivity index (χ2v) is 10.2. The first-order chi connectivity index (χ1) is 16.1. The van der Waals surface area contributed by atoms with Crippen molar-refractivity contribution in [3.8, 4) is 0 Å². The first-order valence-electron chi connectivity index (χ1n) is 12.3. The summed E-state index contributed by atoms with van der Waals surface area (Å²) in [6, 6.07) is 21.0. The maximum absolute atomic E-state index is 9.50. The molecular formula is C28H45N3O3. The van der Waals surface area contributed by atoms with E-state index in [2.05, 4.69) is 81.1 Å². The van der Waals surface area contributed by atoms with Crippen LogP contribution in [0, 0.1) is 0 Å². The summed E-state index contributed by atoms with van der Waals surface area (Å²) in [5.74, 6) is 0. The van der Waals surface area contributed by atoms with Gasteiger partial charge in [0, 0.05) is 44.8 Å². The second-order valence-electron chi connectivity index (χ2n) is 10.2. The van der Waals surface area contributed by atoms with Gasteiger partial charge in [0.05, 0.1) is 19.8 Å². The molecule has 0 heterocycles. The van der Waals surface area contributed by atoms with Crippen molar-refractivity contribution in [2.24, 2.45) is 0 Å². The summed E-state index contributed by atoms with van der Waals surface area (Å²) in [6.07, 6.45) is 1.81. The Labute approximate surface area is 207 Å². The van der Waals surface area contributed by atoms with Crippen molar-refractivity contribution in [1.82, 2.24) is 15.0 Å². The lowest BCUT2D eigenvalue weighted by molar-refractivity contribution is -0.206. The van der Waals surface area contributed by atoms with Crippen molar-refractivity contribution in [2.45, 2.75) is 51.6 Å². The zero-order chi connectivity index (χ0) is 25.0. The van der Waals surface area contributed by atoms with Gasteiger partial charge in [-0.3, -0.25) is 14.6 Å². The van der Waals surface area contributed by atoms with E-state index in [0.717, 1.165) is 25.9 Å².